The molecule has 1 fully saturated rings. The van der Waals surface area contributed by atoms with Crippen LogP contribution in [0.3, 0.4) is 0 Å². The Morgan fingerprint density at radius 1 is 1.40 bits per heavy atom. The molecule has 1 N–H and O–H groups in total. The Labute approximate surface area is 121 Å². The number of halogens is 1. The third kappa shape index (κ3) is 3.02. The van der Waals surface area contributed by atoms with Crippen LogP contribution in [-0.2, 0) is 6.61 Å². The monoisotopic (exact) mass is 295 g/mol. The molecule has 6 nitrogen and oxygen atoms in total. The van der Waals surface area contributed by atoms with Crippen LogP contribution < -0.4 is 14.8 Å². The summed E-state index contributed by atoms with van der Waals surface area (Å²) in [5, 5.41) is 7.46. The van der Waals surface area contributed by atoms with Gasteiger partial charge in [0.2, 0.25) is 0 Å². The molecule has 1 aliphatic heterocycles. The van der Waals surface area contributed by atoms with Crippen LogP contribution in [0.1, 0.15) is 11.7 Å². The van der Waals surface area contributed by atoms with Crippen molar-refractivity contribution in [3.8, 4) is 11.5 Å². The van der Waals surface area contributed by atoms with Crippen molar-refractivity contribution < 1.29 is 14.0 Å². The Morgan fingerprint density at radius 3 is 2.90 bits per heavy atom. The summed E-state index contributed by atoms with van der Waals surface area (Å²) in [6, 6.07) is 5.27. The zero-order chi connectivity index (χ0) is 13.9. The fourth-order valence-corrected chi connectivity index (χ4v) is 1.92. The molecule has 0 amide bonds. The first-order valence-electron chi connectivity index (χ1n) is 6.29. The van der Waals surface area contributed by atoms with Crippen molar-refractivity contribution in [1.82, 2.24) is 15.5 Å². The molecule has 0 bridgehead atoms. The lowest BCUT2D eigenvalue weighted by Gasteiger charge is -2.28. The molecule has 20 heavy (non-hydrogen) atoms. The maximum atomic E-state index is 5.99. The maximum Gasteiger partial charge on any atom is 0.264 e. The highest BCUT2D eigenvalue weighted by Crippen LogP contribution is 2.32. The van der Waals surface area contributed by atoms with Crippen LogP contribution in [0.5, 0.6) is 11.5 Å². The van der Waals surface area contributed by atoms with Crippen molar-refractivity contribution in [2.45, 2.75) is 19.6 Å². The SMILES string of the molecule is Cc1noc(COc2ccc(Cl)cc2OC2CNC2)n1. The number of hydrogen-bond acceptors (Lipinski definition) is 6. The van der Waals surface area contributed by atoms with Gasteiger partial charge in [-0.25, -0.2) is 0 Å². The van der Waals surface area contributed by atoms with Crippen LogP contribution in [0.2, 0.25) is 5.02 Å². The number of rotatable bonds is 5. The summed E-state index contributed by atoms with van der Waals surface area (Å²) in [5.74, 6) is 2.24. The second-order valence-electron chi connectivity index (χ2n) is 4.51. The van der Waals surface area contributed by atoms with Gasteiger partial charge in [-0.1, -0.05) is 16.8 Å². The van der Waals surface area contributed by atoms with Gasteiger partial charge in [0.15, 0.2) is 23.9 Å². The van der Waals surface area contributed by atoms with Gasteiger partial charge in [-0.05, 0) is 19.1 Å². The number of aromatic nitrogens is 2. The summed E-state index contributed by atoms with van der Waals surface area (Å²) in [6.45, 7) is 3.61. The first kappa shape index (κ1) is 13.2. The summed E-state index contributed by atoms with van der Waals surface area (Å²) >= 11 is 5.99. The fourth-order valence-electron chi connectivity index (χ4n) is 1.76. The number of ether oxygens (including phenoxy) is 2. The van der Waals surface area contributed by atoms with Crippen LogP contribution in [0, 0.1) is 6.92 Å². The Hall–Kier alpha value is -1.79. The van der Waals surface area contributed by atoms with E-state index in [0.717, 1.165) is 13.1 Å². The molecule has 1 saturated heterocycles. The Morgan fingerprint density at radius 2 is 2.25 bits per heavy atom. The van der Waals surface area contributed by atoms with Crippen LogP contribution in [0.25, 0.3) is 0 Å². The average Bonchev–Trinajstić information content (AvgIpc) is 2.79. The van der Waals surface area contributed by atoms with E-state index in [1.165, 1.54) is 0 Å². The van der Waals surface area contributed by atoms with E-state index in [0.29, 0.717) is 28.2 Å². The third-order valence-electron chi connectivity index (χ3n) is 2.86. The largest absolute Gasteiger partial charge is 0.484 e. The third-order valence-corrected chi connectivity index (χ3v) is 3.10. The molecule has 0 aliphatic carbocycles. The highest BCUT2D eigenvalue weighted by molar-refractivity contribution is 6.30. The van der Waals surface area contributed by atoms with Crippen LogP contribution in [0.15, 0.2) is 22.7 Å². The number of aryl methyl sites for hydroxylation is 1. The van der Waals surface area contributed by atoms with E-state index in [9.17, 15) is 0 Å². The van der Waals surface area contributed by atoms with Gasteiger partial charge in [-0.3, -0.25) is 0 Å². The van der Waals surface area contributed by atoms with Crippen molar-refractivity contribution in [2.75, 3.05) is 13.1 Å². The Kier molecular flexibility index (Phi) is 3.75. The van der Waals surface area contributed by atoms with Gasteiger partial charge in [0.25, 0.3) is 5.89 Å². The normalized spacial score (nSPS) is 14.9. The van der Waals surface area contributed by atoms with Crippen LogP contribution in [0.4, 0.5) is 0 Å². The highest BCUT2D eigenvalue weighted by atomic mass is 35.5. The molecule has 0 atom stereocenters. The summed E-state index contributed by atoms with van der Waals surface area (Å²) in [4.78, 5) is 4.08. The van der Waals surface area contributed by atoms with E-state index in [1.54, 1.807) is 25.1 Å². The average molecular weight is 296 g/mol. The highest BCUT2D eigenvalue weighted by Gasteiger charge is 2.20. The van der Waals surface area contributed by atoms with E-state index in [-0.39, 0.29) is 12.7 Å². The molecule has 1 aromatic carbocycles. The molecule has 1 aliphatic rings. The minimum absolute atomic E-state index is 0.154. The molecule has 2 heterocycles. The molecule has 3 rings (SSSR count). The number of benzene rings is 1. The van der Waals surface area contributed by atoms with E-state index in [4.69, 9.17) is 25.6 Å². The van der Waals surface area contributed by atoms with Crippen molar-refractivity contribution >= 4 is 11.6 Å². The zero-order valence-electron chi connectivity index (χ0n) is 10.9. The van der Waals surface area contributed by atoms with Gasteiger partial charge >= 0.3 is 0 Å². The van der Waals surface area contributed by atoms with Gasteiger partial charge in [0.05, 0.1) is 0 Å². The lowest BCUT2D eigenvalue weighted by atomic mass is 10.2. The van der Waals surface area contributed by atoms with Crippen LogP contribution in [-0.4, -0.2) is 29.3 Å². The topological polar surface area (TPSA) is 69.4 Å². The molecule has 0 radical (unpaired) electrons. The van der Waals surface area contributed by atoms with Crippen molar-refractivity contribution in [2.24, 2.45) is 0 Å². The van der Waals surface area contributed by atoms with E-state index >= 15 is 0 Å². The minimum Gasteiger partial charge on any atom is -0.484 e. The lowest BCUT2D eigenvalue weighted by Crippen LogP contribution is -2.50. The molecule has 106 valence electrons. The molecule has 2 aromatic rings. The second kappa shape index (κ2) is 5.68. The van der Waals surface area contributed by atoms with Gasteiger partial charge < -0.3 is 19.3 Å². The molecular formula is C13H14ClN3O3. The standard InChI is InChI=1S/C13H14ClN3O3/c1-8-16-13(20-17-8)7-18-11-3-2-9(14)4-12(11)19-10-5-15-6-10/h2-4,10,15H,5-7H2,1H3. The van der Waals surface area contributed by atoms with E-state index in [1.807, 2.05) is 0 Å². The maximum absolute atomic E-state index is 5.99. The van der Waals surface area contributed by atoms with Gasteiger partial charge in [0, 0.05) is 24.2 Å². The van der Waals surface area contributed by atoms with Gasteiger partial charge in [0.1, 0.15) is 6.10 Å². The summed E-state index contributed by atoms with van der Waals surface area (Å²) < 4.78 is 16.5. The summed E-state index contributed by atoms with van der Waals surface area (Å²) in [6.07, 6.45) is 0.154. The van der Waals surface area contributed by atoms with E-state index in [2.05, 4.69) is 15.5 Å². The van der Waals surface area contributed by atoms with Crippen molar-refractivity contribution in [3.05, 3.63) is 34.9 Å². The molecule has 0 unspecified atom stereocenters. The second-order valence-corrected chi connectivity index (χ2v) is 4.95. The number of nitrogens with one attached hydrogen (secondary N) is 1. The fraction of sp³-hybridized carbons (Fsp3) is 0.385. The lowest BCUT2D eigenvalue weighted by molar-refractivity contribution is 0.133. The number of hydrogen-bond donors (Lipinski definition) is 1. The first-order chi connectivity index (χ1) is 9.70. The minimum atomic E-state index is 0.154. The smallest absolute Gasteiger partial charge is 0.264 e. The first-order valence-corrected chi connectivity index (χ1v) is 6.67. The number of nitrogens with zero attached hydrogens (tertiary/aromatic N) is 2. The summed E-state index contributed by atoms with van der Waals surface area (Å²) in [7, 11) is 0. The predicted octanol–water partition coefficient (Wildman–Crippen LogP) is 1.96. The molecule has 7 heteroatoms. The summed E-state index contributed by atoms with van der Waals surface area (Å²) in [5.41, 5.74) is 0. The van der Waals surface area contributed by atoms with E-state index < -0.39 is 0 Å². The van der Waals surface area contributed by atoms with Gasteiger partial charge in [-0.2, -0.15) is 4.98 Å². The Balaban J connectivity index is 1.70. The Bertz CT molecular complexity index is 598. The molecule has 0 spiro atoms. The molecular weight excluding hydrogens is 282 g/mol. The predicted molar refractivity (Wildman–Crippen MR) is 72.1 cm³/mol. The quantitative estimate of drug-likeness (QED) is 0.909. The molecule has 0 saturated carbocycles. The zero-order valence-corrected chi connectivity index (χ0v) is 11.7. The molecule has 1 aromatic heterocycles. The van der Waals surface area contributed by atoms with Gasteiger partial charge in [-0.15, -0.1) is 0 Å². The van der Waals surface area contributed by atoms with Crippen LogP contribution >= 0.6 is 11.6 Å². The van der Waals surface area contributed by atoms with Crippen molar-refractivity contribution in [3.63, 3.8) is 0 Å². The van der Waals surface area contributed by atoms with Crippen molar-refractivity contribution in [1.29, 1.82) is 0 Å².